The van der Waals surface area contributed by atoms with E-state index in [-0.39, 0.29) is 5.91 Å². The molecule has 1 aromatic carbocycles. The van der Waals surface area contributed by atoms with Gasteiger partial charge in [0.15, 0.2) is 0 Å². The number of fused-ring (bicyclic) bond motifs is 1. The summed E-state index contributed by atoms with van der Waals surface area (Å²) in [6, 6.07) is 8.35. The molecule has 3 rings (SSSR count). The monoisotopic (exact) mass is 303 g/mol. The zero-order valence-corrected chi connectivity index (χ0v) is 13.5. The van der Waals surface area contributed by atoms with Crippen molar-refractivity contribution in [1.82, 2.24) is 9.80 Å². The van der Waals surface area contributed by atoms with Gasteiger partial charge >= 0.3 is 0 Å². The normalized spacial score (nSPS) is 22.4. The molecule has 0 radical (unpaired) electrons. The quantitative estimate of drug-likeness (QED) is 0.927. The highest BCUT2D eigenvalue weighted by Gasteiger charge is 2.35. The summed E-state index contributed by atoms with van der Waals surface area (Å²) in [4.78, 5) is 17.6. The van der Waals surface area contributed by atoms with Crippen LogP contribution in [0.2, 0.25) is 0 Å². The molecule has 1 fully saturated rings. The first kappa shape index (κ1) is 14.4. The summed E-state index contributed by atoms with van der Waals surface area (Å²) in [7, 11) is 4.14. The number of amides is 1. The van der Waals surface area contributed by atoms with Gasteiger partial charge in [-0.05, 0) is 26.1 Å². The lowest BCUT2D eigenvalue weighted by molar-refractivity contribution is 0.0787. The van der Waals surface area contributed by atoms with E-state index in [1.165, 1.54) is 11.3 Å². The fraction of sp³-hybridized carbons (Fsp3) is 0.438. The van der Waals surface area contributed by atoms with E-state index in [0.29, 0.717) is 22.5 Å². The van der Waals surface area contributed by atoms with Crippen molar-refractivity contribution in [2.24, 2.45) is 5.92 Å². The molecule has 2 heterocycles. The van der Waals surface area contributed by atoms with Crippen molar-refractivity contribution in [2.45, 2.75) is 13.0 Å². The molecule has 2 aromatic rings. The van der Waals surface area contributed by atoms with Crippen molar-refractivity contribution in [1.29, 1.82) is 0 Å². The molecule has 1 amide bonds. The van der Waals surface area contributed by atoms with Crippen LogP contribution in [0.15, 0.2) is 24.3 Å². The number of hydrogen-bond donors (Lipinski definition) is 1. The summed E-state index contributed by atoms with van der Waals surface area (Å²) in [5.41, 5.74) is 6.82. The van der Waals surface area contributed by atoms with Gasteiger partial charge in [-0.25, -0.2) is 0 Å². The van der Waals surface area contributed by atoms with Crippen LogP contribution in [0.1, 0.15) is 16.6 Å². The fourth-order valence-corrected chi connectivity index (χ4v) is 4.25. The molecule has 2 N–H and O–H groups in total. The van der Waals surface area contributed by atoms with Gasteiger partial charge in [0.1, 0.15) is 4.88 Å². The number of benzene rings is 1. The van der Waals surface area contributed by atoms with Crippen LogP contribution >= 0.6 is 11.3 Å². The van der Waals surface area contributed by atoms with Gasteiger partial charge in [-0.2, -0.15) is 0 Å². The molecule has 0 spiro atoms. The Kier molecular flexibility index (Phi) is 3.63. The molecule has 1 aliphatic heterocycles. The Labute approximate surface area is 129 Å². The van der Waals surface area contributed by atoms with E-state index in [2.05, 4.69) is 25.9 Å². The van der Waals surface area contributed by atoms with E-state index < -0.39 is 0 Å². The second-order valence-corrected chi connectivity index (χ2v) is 7.11. The number of nitrogen functional groups attached to an aromatic ring is 1. The maximum atomic E-state index is 12.8. The molecular weight excluding hydrogens is 282 g/mol. The summed E-state index contributed by atoms with van der Waals surface area (Å²) in [5.74, 6) is 0.560. The average Bonchev–Trinajstić information content (AvgIpc) is 3.00. The number of likely N-dealkylation sites (N-methyl/N-ethyl adjacent to an activating group) is 1. The summed E-state index contributed by atoms with van der Waals surface area (Å²) in [5, 5.41) is 0.988. The minimum Gasteiger partial charge on any atom is -0.397 e. The van der Waals surface area contributed by atoms with Gasteiger partial charge in [0.05, 0.1) is 5.69 Å². The van der Waals surface area contributed by atoms with Crippen LogP contribution in [-0.4, -0.2) is 48.9 Å². The molecule has 2 unspecified atom stereocenters. The van der Waals surface area contributed by atoms with Crippen LogP contribution in [0.25, 0.3) is 10.1 Å². The Hall–Kier alpha value is -1.59. The van der Waals surface area contributed by atoms with Crippen LogP contribution in [0.5, 0.6) is 0 Å². The van der Waals surface area contributed by atoms with Crippen LogP contribution in [0.4, 0.5) is 5.69 Å². The zero-order valence-electron chi connectivity index (χ0n) is 12.7. The number of nitrogens with two attached hydrogens (primary N) is 1. The van der Waals surface area contributed by atoms with Gasteiger partial charge in [-0.1, -0.05) is 25.1 Å². The second-order valence-electron chi connectivity index (χ2n) is 6.06. The zero-order chi connectivity index (χ0) is 15.1. The lowest BCUT2D eigenvalue weighted by atomic mass is 10.1. The largest absolute Gasteiger partial charge is 0.397 e. The van der Waals surface area contributed by atoms with Crippen molar-refractivity contribution in [2.75, 3.05) is 32.9 Å². The van der Waals surface area contributed by atoms with Gasteiger partial charge in [0.25, 0.3) is 5.91 Å². The third kappa shape index (κ3) is 2.40. The highest BCUT2D eigenvalue weighted by molar-refractivity contribution is 7.21. The number of likely N-dealkylation sites (tertiary alicyclic amines) is 1. The highest BCUT2D eigenvalue weighted by Crippen LogP contribution is 2.35. The summed E-state index contributed by atoms with van der Waals surface area (Å²) in [6.07, 6.45) is 0. The molecule has 1 saturated heterocycles. The van der Waals surface area contributed by atoms with Crippen molar-refractivity contribution < 1.29 is 4.79 Å². The number of hydrogen-bond acceptors (Lipinski definition) is 4. The first-order chi connectivity index (χ1) is 9.99. The van der Waals surface area contributed by atoms with E-state index in [9.17, 15) is 4.79 Å². The number of carbonyl (C=O) groups excluding carboxylic acids is 1. The maximum absolute atomic E-state index is 12.8. The maximum Gasteiger partial charge on any atom is 0.266 e. The highest BCUT2D eigenvalue weighted by atomic mass is 32.1. The fourth-order valence-electron chi connectivity index (χ4n) is 3.16. The van der Waals surface area contributed by atoms with Crippen molar-refractivity contribution in [3.63, 3.8) is 0 Å². The molecule has 21 heavy (non-hydrogen) atoms. The number of rotatable bonds is 2. The average molecular weight is 303 g/mol. The lowest BCUT2D eigenvalue weighted by Gasteiger charge is -2.22. The van der Waals surface area contributed by atoms with Gasteiger partial charge < -0.3 is 15.5 Å². The third-order valence-corrected chi connectivity index (χ3v) is 5.53. The van der Waals surface area contributed by atoms with Crippen LogP contribution in [0.3, 0.4) is 0 Å². The second kappa shape index (κ2) is 5.31. The van der Waals surface area contributed by atoms with Crippen LogP contribution in [-0.2, 0) is 0 Å². The Morgan fingerprint density at radius 2 is 2.05 bits per heavy atom. The number of nitrogens with zero attached hydrogens (tertiary/aromatic N) is 2. The molecule has 0 saturated carbocycles. The van der Waals surface area contributed by atoms with E-state index in [1.54, 1.807) is 0 Å². The molecule has 5 heteroatoms. The Morgan fingerprint density at radius 3 is 2.67 bits per heavy atom. The van der Waals surface area contributed by atoms with E-state index in [0.717, 1.165) is 23.2 Å². The minimum absolute atomic E-state index is 0.0740. The molecule has 1 aromatic heterocycles. The van der Waals surface area contributed by atoms with Gasteiger partial charge in [-0.15, -0.1) is 11.3 Å². The van der Waals surface area contributed by atoms with E-state index >= 15 is 0 Å². The molecule has 4 nitrogen and oxygen atoms in total. The predicted molar refractivity (Wildman–Crippen MR) is 88.8 cm³/mol. The molecule has 2 atom stereocenters. The summed E-state index contributed by atoms with van der Waals surface area (Å²) < 4.78 is 1.08. The van der Waals surface area contributed by atoms with Crippen molar-refractivity contribution >= 4 is 33.0 Å². The Bertz CT molecular complexity index is 679. The SMILES string of the molecule is CC1CN(C(=O)c2sc3ccccc3c2N)CC1N(C)C. The number of carbonyl (C=O) groups is 1. The van der Waals surface area contributed by atoms with Crippen LogP contribution < -0.4 is 5.73 Å². The topological polar surface area (TPSA) is 49.6 Å². The molecule has 0 aliphatic carbocycles. The minimum atomic E-state index is 0.0740. The molecular formula is C16H21N3OS. The van der Waals surface area contributed by atoms with Gasteiger partial charge in [-0.3, -0.25) is 4.79 Å². The molecule has 1 aliphatic rings. The third-order valence-electron chi connectivity index (χ3n) is 4.35. The molecule has 112 valence electrons. The number of thiophene rings is 1. The first-order valence-electron chi connectivity index (χ1n) is 7.21. The standard InChI is InChI=1S/C16H21N3OS/c1-10-8-19(9-12(10)18(2)3)16(20)15-14(17)11-6-4-5-7-13(11)21-15/h4-7,10,12H,8-9,17H2,1-3H3. The summed E-state index contributed by atoms with van der Waals surface area (Å²) in [6.45, 7) is 3.78. The Balaban J connectivity index is 1.90. The van der Waals surface area contributed by atoms with Gasteiger partial charge in [0.2, 0.25) is 0 Å². The predicted octanol–water partition coefficient (Wildman–Crippen LogP) is 2.51. The summed E-state index contributed by atoms with van der Waals surface area (Å²) >= 11 is 1.50. The smallest absolute Gasteiger partial charge is 0.266 e. The van der Waals surface area contributed by atoms with E-state index in [4.69, 9.17) is 5.73 Å². The van der Waals surface area contributed by atoms with Crippen LogP contribution in [0, 0.1) is 5.92 Å². The van der Waals surface area contributed by atoms with E-state index in [1.807, 2.05) is 29.2 Å². The van der Waals surface area contributed by atoms with Gasteiger partial charge in [0, 0.05) is 29.2 Å². The van der Waals surface area contributed by atoms with Crippen molar-refractivity contribution in [3.05, 3.63) is 29.1 Å². The van der Waals surface area contributed by atoms with Crippen molar-refractivity contribution in [3.8, 4) is 0 Å². The number of anilines is 1. The Morgan fingerprint density at radius 1 is 1.33 bits per heavy atom. The first-order valence-corrected chi connectivity index (χ1v) is 8.03. The lowest BCUT2D eigenvalue weighted by Crippen LogP contribution is -2.35. The molecule has 0 bridgehead atoms.